The van der Waals surface area contributed by atoms with E-state index in [2.05, 4.69) is 15.7 Å². The van der Waals surface area contributed by atoms with Crippen LogP contribution in [-0.2, 0) is 46.3 Å². The first-order chi connectivity index (χ1) is 23.9. The molecule has 0 unspecified atom stereocenters. The predicted octanol–water partition coefficient (Wildman–Crippen LogP) is -0.594. The van der Waals surface area contributed by atoms with Crippen molar-refractivity contribution in [2.45, 2.75) is 56.5 Å². The minimum atomic E-state index is -1.29. The van der Waals surface area contributed by atoms with Crippen LogP contribution >= 0.6 is 0 Å². The lowest BCUT2D eigenvalue weighted by molar-refractivity contribution is -0.155. The van der Waals surface area contributed by atoms with Crippen LogP contribution in [0.15, 0.2) is 60.9 Å². The van der Waals surface area contributed by atoms with Crippen molar-refractivity contribution in [1.82, 2.24) is 9.97 Å². The van der Waals surface area contributed by atoms with Crippen LogP contribution in [0.3, 0.4) is 0 Å². The van der Waals surface area contributed by atoms with E-state index in [9.17, 15) is 28.8 Å². The molecule has 4 aromatic rings. The Morgan fingerprint density at radius 3 is 1.41 bits per heavy atom. The summed E-state index contributed by atoms with van der Waals surface area (Å²) in [5.41, 5.74) is 29.9. The number of para-hydroxylation sites is 2. The van der Waals surface area contributed by atoms with Gasteiger partial charge in [0.15, 0.2) is 0 Å². The van der Waals surface area contributed by atoms with Crippen LogP contribution in [-0.4, -0.2) is 108 Å². The largest absolute Gasteiger partial charge is 0.481 e. The predicted molar refractivity (Wildman–Crippen MR) is 183 cm³/mol. The van der Waals surface area contributed by atoms with Gasteiger partial charge in [-0.25, -0.2) is 0 Å². The quantitative estimate of drug-likeness (QED) is 0.0768. The van der Waals surface area contributed by atoms with Crippen molar-refractivity contribution < 1.29 is 59.0 Å². The first kappa shape index (κ1) is 43.2. The normalized spacial score (nSPS) is 13.3. The minimum Gasteiger partial charge on any atom is -0.481 e. The van der Waals surface area contributed by atoms with Gasteiger partial charge in [0.05, 0.1) is 13.0 Å². The number of H-pyrrole nitrogens is 2. The van der Waals surface area contributed by atoms with Crippen LogP contribution in [0.5, 0.6) is 0 Å². The molecular weight excluding hydrogens is 674 g/mol. The second-order valence-corrected chi connectivity index (χ2v) is 10.8. The smallest absolute Gasteiger partial charge is 0.324 e. The fraction of sp³-hybridized carbons (Fsp3) is 0.312. The van der Waals surface area contributed by atoms with Gasteiger partial charge in [0.2, 0.25) is 0 Å². The summed E-state index contributed by atoms with van der Waals surface area (Å²) in [6.07, 6.45) is 2.77. The molecule has 2 heterocycles. The maximum atomic E-state index is 11.9. The molecule has 4 rings (SSSR count). The number of aromatic amines is 2. The van der Waals surface area contributed by atoms with Crippen molar-refractivity contribution in [3.63, 3.8) is 0 Å². The number of fused-ring (bicyclic) bond motifs is 2. The number of nitrogens with one attached hydrogen (secondary N) is 2. The highest BCUT2D eigenvalue weighted by Gasteiger charge is 2.26. The SMILES string of the molecule is C[C@@H](OC(=O)[C@@H](N)Cc1c[nH]c2ccccc12)[C@H](N)C(=O)O.NCC(=O)O.N[C@@H](CC(=O)O)C(=O)O.N[C@@H](Cc1c[nH]c2ccccc12)C(=O)O. The van der Waals surface area contributed by atoms with Gasteiger partial charge in [-0.2, -0.15) is 0 Å². The van der Waals surface area contributed by atoms with Gasteiger partial charge in [-0.3, -0.25) is 28.8 Å². The molecule has 278 valence electrons. The monoisotopic (exact) mass is 717 g/mol. The summed E-state index contributed by atoms with van der Waals surface area (Å²) in [6, 6.07) is 11.1. The van der Waals surface area contributed by atoms with Gasteiger partial charge < -0.3 is 68.9 Å². The Bertz CT molecular complexity index is 1770. The van der Waals surface area contributed by atoms with Gasteiger partial charge in [0.25, 0.3) is 0 Å². The maximum Gasteiger partial charge on any atom is 0.324 e. The zero-order chi connectivity index (χ0) is 38.8. The lowest BCUT2D eigenvalue weighted by Gasteiger charge is -2.19. The lowest BCUT2D eigenvalue weighted by atomic mass is 10.1. The van der Waals surface area contributed by atoms with E-state index in [0.29, 0.717) is 6.42 Å². The molecule has 2 aromatic carbocycles. The van der Waals surface area contributed by atoms with Crippen molar-refractivity contribution in [1.29, 1.82) is 0 Å². The maximum absolute atomic E-state index is 11.9. The highest BCUT2D eigenvalue weighted by Crippen LogP contribution is 2.20. The molecule has 0 aliphatic heterocycles. The van der Waals surface area contributed by atoms with E-state index in [-0.39, 0.29) is 13.0 Å². The summed E-state index contributed by atoms with van der Waals surface area (Å²) >= 11 is 0. The Morgan fingerprint density at radius 2 is 1.06 bits per heavy atom. The number of carbonyl (C=O) groups is 6. The number of benzene rings is 2. The molecule has 5 atom stereocenters. The molecule has 0 fully saturated rings. The molecule has 0 radical (unpaired) electrons. The van der Waals surface area contributed by atoms with E-state index in [4.69, 9.17) is 53.2 Å². The summed E-state index contributed by atoms with van der Waals surface area (Å²) < 4.78 is 5.02. The molecule has 0 amide bonds. The Morgan fingerprint density at radius 1 is 0.647 bits per heavy atom. The molecule has 0 saturated heterocycles. The third-order valence-electron chi connectivity index (χ3n) is 6.83. The molecule has 0 aliphatic rings. The van der Waals surface area contributed by atoms with Crippen LogP contribution in [0.1, 0.15) is 24.5 Å². The highest BCUT2D eigenvalue weighted by atomic mass is 16.5. The number of hydrogen-bond acceptors (Lipinski definition) is 12. The Kier molecular flexibility index (Phi) is 18.0. The van der Waals surface area contributed by atoms with Crippen molar-refractivity contribution in [2.24, 2.45) is 28.7 Å². The average molecular weight is 718 g/mol. The van der Waals surface area contributed by atoms with Crippen molar-refractivity contribution >= 4 is 57.6 Å². The number of nitrogens with two attached hydrogens (primary N) is 5. The van der Waals surface area contributed by atoms with Crippen molar-refractivity contribution in [3.05, 3.63) is 72.1 Å². The topological polar surface area (TPSA) is 374 Å². The molecule has 51 heavy (non-hydrogen) atoms. The van der Waals surface area contributed by atoms with E-state index in [0.717, 1.165) is 32.9 Å². The van der Waals surface area contributed by atoms with Crippen LogP contribution < -0.4 is 28.7 Å². The number of carbonyl (C=O) groups excluding carboxylic acids is 1. The third kappa shape index (κ3) is 15.1. The minimum absolute atomic E-state index is 0.278. The zero-order valence-electron chi connectivity index (χ0n) is 27.5. The number of aliphatic carboxylic acids is 5. The lowest BCUT2D eigenvalue weighted by Crippen LogP contribution is -2.45. The molecule has 17 N–H and O–H groups in total. The molecule has 0 spiro atoms. The average Bonchev–Trinajstić information content (AvgIpc) is 3.68. The standard InChI is InChI=1S/C15H19N3O4.C11H12N2O2.C4H7NO4.C2H5NO2/c1-8(13(17)14(19)20)22-15(21)11(16)6-9-7-18-12-5-3-2-4-10(9)12;12-9(11(14)15)5-7-6-13-10-4-2-1-3-8(7)10;5-2(4(8)9)1-3(6)7;3-1-2(4)5/h2-5,7-8,11,13,18H,6,16-17H2,1H3,(H,19,20);1-4,6,9,13H,5,12H2,(H,14,15);2H,1,5H2,(H,6,7)(H,8,9);1,3H2,(H,4,5)/t8-,11+,13+;9-;2-;/m100./s1. The van der Waals surface area contributed by atoms with Gasteiger partial charge in [-0.1, -0.05) is 36.4 Å². The molecular formula is C32H43N7O12. The van der Waals surface area contributed by atoms with Crippen molar-refractivity contribution in [3.8, 4) is 0 Å². The fourth-order valence-corrected chi connectivity index (χ4v) is 4.07. The van der Waals surface area contributed by atoms with E-state index >= 15 is 0 Å². The van der Waals surface area contributed by atoms with Gasteiger partial charge in [-0.05, 0) is 30.2 Å². The Labute approximate surface area is 290 Å². The summed E-state index contributed by atoms with van der Waals surface area (Å²) in [4.78, 5) is 68.4. The second-order valence-electron chi connectivity index (χ2n) is 10.8. The number of carboxylic acid groups (broad SMARTS) is 5. The second kappa shape index (κ2) is 21.3. The van der Waals surface area contributed by atoms with E-state index in [1.165, 1.54) is 6.92 Å². The zero-order valence-corrected chi connectivity index (χ0v) is 27.5. The van der Waals surface area contributed by atoms with Crippen LogP contribution in [0.4, 0.5) is 0 Å². The molecule has 2 aromatic heterocycles. The van der Waals surface area contributed by atoms with E-state index in [1.54, 1.807) is 6.20 Å². The summed E-state index contributed by atoms with van der Waals surface area (Å²) in [6.45, 7) is 1.15. The van der Waals surface area contributed by atoms with Crippen LogP contribution in [0.25, 0.3) is 21.8 Å². The summed E-state index contributed by atoms with van der Waals surface area (Å²) in [5.74, 6) is -6.34. The fourth-order valence-electron chi connectivity index (χ4n) is 4.07. The summed E-state index contributed by atoms with van der Waals surface area (Å²) in [5, 5.41) is 43.1. The number of aromatic nitrogens is 2. The molecule has 0 saturated carbocycles. The van der Waals surface area contributed by atoms with E-state index in [1.807, 2.05) is 54.7 Å². The van der Waals surface area contributed by atoms with Gasteiger partial charge in [0, 0.05) is 47.0 Å². The Balaban J connectivity index is 0.000000386. The molecule has 19 heteroatoms. The van der Waals surface area contributed by atoms with Crippen LogP contribution in [0.2, 0.25) is 0 Å². The Hall–Kier alpha value is -5.86. The van der Waals surface area contributed by atoms with Crippen LogP contribution in [0, 0.1) is 0 Å². The first-order valence-corrected chi connectivity index (χ1v) is 15.0. The molecule has 0 bridgehead atoms. The number of carboxylic acids is 5. The summed E-state index contributed by atoms with van der Waals surface area (Å²) in [7, 11) is 0. The third-order valence-corrected chi connectivity index (χ3v) is 6.83. The highest BCUT2D eigenvalue weighted by molar-refractivity contribution is 5.85. The number of rotatable bonds is 13. The van der Waals surface area contributed by atoms with Gasteiger partial charge >= 0.3 is 35.8 Å². The number of esters is 1. The van der Waals surface area contributed by atoms with Gasteiger partial charge in [0.1, 0.15) is 30.3 Å². The molecule has 19 nitrogen and oxygen atoms in total. The molecule has 0 aliphatic carbocycles. The number of ether oxygens (including phenoxy) is 1. The van der Waals surface area contributed by atoms with E-state index < -0.39 is 72.5 Å². The first-order valence-electron chi connectivity index (χ1n) is 15.0. The van der Waals surface area contributed by atoms with Gasteiger partial charge in [-0.15, -0.1) is 0 Å². The number of hydrogen-bond donors (Lipinski definition) is 12. The van der Waals surface area contributed by atoms with Crippen molar-refractivity contribution in [2.75, 3.05) is 6.54 Å².